The van der Waals surface area contributed by atoms with E-state index < -0.39 is 0 Å². The van der Waals surface area contributed by atoms with E-state index in [2.05, 4.69) is 17.2 Å². The number of carbonyl (C=O) groups is 2. The van der Waals surface area contributed by atoms with Gasteiger partial charge in [0.05, 0.1) is 21.7 Å². The van der Waals surface area contributed by atoms with E-state index >= 15 is 0 Å². The molecule has 110 valence electrons. The molecule has 0 aromatic carbocycles. The number of rotatable bonds is 1. The predicted octanol–water partition coefficient (Wildman–Crippen LogP) is 0.442. The molecular weight excluding hydrogens is 288 g/mol. The molecule has 1 aromatic rings. The summed E-state index contributed by atoms with van der Waals surface area (Å²) in [7, 11) is 0. The maximum Gasteiger partial charge on any atom is 0.264 e. The quantitative estimate of drug-likeness (QED) is 0.740. The van der Waals surface area contributed by atoms with Gasteiger partial charge in [0.15, 0.2) is 0 Å². The number of nitrogens with one attached hydrogen (secondary N) is 1. The van der Waals surface area contributed by atoms with Gasteiger partial charge >= 0.3 is 0 Å². The summed E-state index contributed by atoms with van der Waals surface area (Å²) < 4.78 is 0. The number of carbonyl (C=O) groups excluding carboxylic acids is 2. The number of nitrogens with zero attached hydrogens (tertiary/aromatic N) is 1. The van der Waals surface area contributed by atoms with E-state index in [0.29, 0.717) is 18.0 Å². The molecule has 5 nitrogen and oxygen atoms in total. The van der Waals surface area contributed by atoms with E-state index in [1.807, 2.05) is 4.90 Å². The lowest BCUT2D eigenvalue weighted by Gasteiger charge is -2.35. The average molecular weight is 304 g/mol. The van der Waals surface area contributed by atoms with Gasteiger partial charge in [-0.3, -0.25) is 9.59 Å². The number of thiophene rings is 1. The number of hydrogen-bond donors (Lipinski definition) is 2. The summed E-state index contributed by atoms with van der Waals surface area (Å²) in [4.78, 5) is 27.6. The highest BCUT2D eigenvalue weighted by atomic mass is 32.1. The van der Waals surface area contributed by atoms with Crippen molar-refractivity contribution in [3.05, 3.63) is 21.9 Å². The highest BCUT2D eigenvalue weighted by Gasteiger charge is 2.42. The van der Waals surface area contributed by atoms with Crippen molar-refractivity contribution in [3.8, 4) is 11.8 Å². The Balaban J connectivity index is 1.78. The van der Waals surface area contributed by atoms with Crippen LogP contribution in [-0.4, -0.2) is 47.6 Å². The fourth-order valence-corrected chi connectivity index (χ4v) is 3.83. The molecule has 0 saturated carbocycles. The molecule has 3 heterocycles. The summed E-state index contributed by atoms with van der Waals surface area (Å²) in [6.07, 6.45) is 1.72. The van der Waals surface area contributed by atoms with Crippen molar-refractivity contribution in [2.75, 3.05) is 19.7 Å². The first kappa shape index (κ1) is 14.1. The van der Waals surface area contributed by atoms with Crippen LogP contribution in [0.3, 0.4) is 0 Å². The van der Waals surface area contributed by atoms with Crippen LogP contribution >= 0.6 is 11.3 Å². The molecule has 6 heteroatoms. The molecule has 2 aliphatic rings. The van der Waals surface area contributed by atoms with Gasteiger partial charge in [0.2, 0.25) is 5.91 Å². The smallest absolute Gasteiger partial charge is 0.264 e. The number of aliphatic hydroxyl groups excluding tert-OH is 1. The van der Waals surface area contributed by atoms with Crippen molar-refractivity contribution in [1.82, 2.24) is 10.2 Å². The number of amides is 2. The summed E-state index contributed by atoms with van der Waals surface area (Å²) >= 11 is 1.33. The fraction of sp³-hybridized carbons (Fsp3) is 0.467. The van der Waals surface area contributed by atoms with Gasteiger partial charge in [0.25, 0.3) is 5.91 Å². The average Bonchev–Trinajstić information content (AvgIpc) is 3.12. The summed E-state index contributed by atoms with van der Waals surface area (Å²) in [5.74, 6) is 5.37. The van der Waals surface area contributed by atoms with E-state index in [0.717, 1.165) is 17.7 Å². The Bertz CT molecular complexity index is 628. The van der Waals surface area contributed by atoms with Crippen LogP contribution < -0.4 is 5.32 Å². The highest BCUT2D eigenvalue weighted by molar-refractivity contribution is 7.14. The molecule has 3 rings (SSSR count). The Hall–Kier alpha value is -1.84. The van der Waals surface area contributed by atoms with Crippen molar-refractivity contribution in [2.24, 2.45) is 5.92 Å². The summed E-state index contributed by atoms with van der Waals surface area (Å²) in [5.41, 5.74) is 0. The molecule has 2 fully saturated rings. The SMILES string of the molecule is O=C1NCC2C1CCCN2C(=O)c1ccc(C#CCO)s1. The van der Waals surface area contributed by atoms with Gasteiger partial charge in [0, 0.05) is 13.1 Å². The van der Waals surface area contributed by atoms with Crippen molar-refractivity contribution >= 4 is 23.2 Å². The van der Waals surface area contributed by atoms with Gasteiger partial charge in [-0.15, -0.1) is 11.3 Å². The third kappa shape index (κ3) is 2.67. The van der Waals surface area contributed by atoms with Crippen LogP contribution in [0.4, 0.5) is 0 Å². The van der Waals surface area contributed by atoms with Gasteiger partial charge in [-0.25, -0.2) is 0 Å². The Kier molecular flexibility index (Phi) is 3.95. The molecule has 2 aliphatic heterocycles. The Labute approximate surface area is 127 Å². The maximum atomic E-state index is 12.6. The Morgan fingerprint density at radius 1 is 1.52 bits per heavy atom. The minimum atomic E-state index is -0.190. The predicted molar refractivity (Wildman–Crippen MR) is 78.8 cm³/mol. The molecule has 2 unspecified atom stereocenters. The molecule has 2 amide bonds. The Morgan fingerprint density at radius 2 is 2.38 bits per heavy atom. The fourth-order valence-electron chi connectivity index (χ4n) is 2.99. The first-order chi connectivity index (χ1) is 10.2. The van der Waals surface area contributed by atoms with Gasteiger partial charge in [-0.2, -0.15) is 0 Å². The topological polar surface area (TPSA) is 69.6 Å². The minimum absolute atomic E-state index is 0.0205. The van der Waals surface area contributed by atoms with Crippen LogP contribution in [0, 0.1) is 17.8 Å². The van der Waals surface area contributed by atoms with Crippen LogP contribution in [-0.2, 0) is 4.79 Å². The normalized spacial score (nSPS) is 24.0. The molecule has 1 aromatic heterocycles. The lowest BCUT2D eigenvalue weighted by atomic mass is 9.91. The van der Waals surface area contributed by atoms with Gasteiger partial charge in [-0.05, 0) is 25.0 Å². The summed E-state index contributed by atoms with van der Waals surface area (Å²) in [6.45, 7) is 1.06. The molecule has 0 bridgehead atoms. The van der Waals surface area contributed by atoms with Gasteiger partial charge < -0.3 is 15.3 Å². The minimum Gasteiger partial charge on any atom is -0.384 e. The molecule has 0 spiro atoms. The number of piperidine rings is 1. The van der Waals surface area contributed by atoms with Crippen LogP contribution in [0.15, 0.2) is 12.1 Å². The molecule has 2 N–H and O–H groups in total. The van der Waals surface area contributed by atoms with Crippen LogP contribution in [0.25, 0.3) is 0 Å². The zero-order valence-electron chi connectivity index (χ0n) is 11.5. The second-order valence-electron chi connectivity index (χ2n) is 5.18. The lowest BCUT2D eigenvalue weighted by Crippen LogP contribution is -2.48. The lowest BCUT2D eigenvalue weighted by molar-refractivity contribution is -0.123. The number of hydrogen-bond acceptors (Lipinski definition) is 4. The first-order valence-corrected chi connectivity index (χ1v) is 7.80. The van der Waals surface area contributed by atoms with Crippen molar-refractivity contribution < 1.29 is 14.7 Å². The van der Waals surface area contributed by atoms with E-state index in [1.54, 1.807) is 12.1 Å². The third-order valence-corrected chi connectivity index (χ3v) is 4.96. The second kappa shape index (κ2) is 5.88. The summed E-state index contributed by atoms with van der Waals surface area (Å²) in [5, 5.41) is 11.5. The van der Waals surface area contributed by atoms with Crippen molar-refractivity contribution in [3.63, 3.8) is 0 Å². The monoisotopic (exact) mass is 304 g/mol. The van der Waals surface area contributed by atoms with Crippen molar-refractivity contribution in [1.29, 1.82) is 0 Å². The van der Waals surface area contributed by atoms with E-state index in [1.165, 1.54) is 11.3 Å². The molecule has 0 aliphatic carbocycles. The molecule has 2 atom stereocenters. The second-order valence-corrected chi connectivity index (χ2v) is 6.27. The molecule has 21 heavy (non-hydrogen) atoms. The zero-order valence-corrected chi connectivity index (χ0v) is 12.3. The van der Waals surface area contributed by atoms with Gasteiger partial charge in [-0.1, -0.05) is 11.8 Å². The van der Waals surface area contributed by atoms with E-state index in [4.69, 9.17) is 5.11 Å². The largest absolute Gasteiger partial charge is 0.384 e. The number of aliphatic hydroxyl groups is 1. The first-order valence-electron chi connectivity index (χ1n) is 6.99. The maximum absolute atomic E-state index is 12.6. The zero-order chi connectivity index (χ0) is 14.8. The number of likely N-dealkylation sites (tertiary alicyclic amines) is 1. The van der Waals surface area contributed by atoms with Gasteiger partial charge in [0.1, 0.15) is 6.61 Å². The molecular formula is C15H16N2O3S. The molecule has 2 saturated heterocycles. The van der Waals surface area contributed by atoms with Crippen LogP contribution in [0.5, 0.6) is 0 Å². The van der Waals surface area contributed by atoms with E-state index in [9.17, 15) is 9.59 Å². The standard InChI is InChI=1S/C15H16N2O3S/c18-8-2-3-10-5-6-13(21-10)15(20)17-7-1-4-11-12(17)9-16-14(11)19/h5-6,11-12,18H,1,4,7-9H2,(H,16,19). The highest BCUT2D eigenvalue weighted by Crippen LogP contribution is 2.29. The van der Waals surface area contributed by atoms with E-state index in [-0.39, 0.29) is 30.4 Å². The number of fused-ring (bicyclic) bond motifs is 1. The Morgan fingerprint density at radius 3 is 3.19 bits per heavy atom. The molecule has 0 radical (unpaired) electrons. The van der Waals surface area contributed by atoms with Crippen molar-refractivity contribution in [2.45, 2.75) is 18.9 Å². The third-order valence-electron chi connectivity index (χ3n) is 3.97. The van der Waals surface area contributed by atoms with Crippen LogP contribution in [0.1, 0.15) is 27.4 Å². The van der Waals surface area contributed by atoms with Crippen LogP contribution in [0.2, 0.25) is 0 Å². The summed E-state index contributed by atoms with van der Waals surface area (Å²) in [6, 6.07) is 3.54.